The molecule has 2 aromatic rings. The van der Waals surface area contributed by atoms with E-state index in [1.165, 1.54) is 0 Å². The number of carboxylic acids is 2. The van der Waals surface area contributed by atoms with E-state index in [0.717, 1.165) is 10.9 Å². The van der Waals surface area contributed by atoms with E-state index in [4.69, 9.17) is 14.9 Å². The number of carbonyl (C=O) groups is 2. The monoisotopic (exact) mass is 235 g/mol. The molecule has 1 aromatic heterocycles. The minimum atomic E-state index is -1.91. The maximum atomic E-state index is 10.6. The van der Waals surface area contributed by atoms with E-state index >= 15 is 0 Å². The maximum absolute atomic E-state index is 10.6. The number of nitrogens with one attached hydrogen (secondary N) is 1. The van der Waals surface area contributed by atoms with Gasteiger partial charge in [-0.3, -0.25) is 0 Å². The van der Waals surface area contributed by atoms with E-state index in [-0.39, 0.29) is 5.88 Å². The van der Waals surface area contributed by atoms with E-state index in [2.05, 4.69) is 4.98 Å². The highest BCUT2D eigenvalue weighted by atomic mass is 16.5. The summed E-state index contributed by atoms with van der Waals surface area (Å²) < 4.78 is 4.87. The molecule has 0 fully saturated rings. The summed E-state index contributed by atoms with van der Waals surface area (Å²) in [4.78, 5) is 24.1. The van der Waals surface area contributed by atoms with E-state index in [1.54, 1.807) is 24.3 Å². The van der Waals surface area contributed by atoms with E-state index in [9.17, 15) is 9.59 Å². The first-order valence-corrected chi connectivity index (χ1v) is 4.78. The van der Waals surface area contributed by atoms with Gasteiger partial charge in [0.25, 0.3) is 6.10 Å². The van der Waals surface area contributed by atoms with E-state index in [0.29, 0.717) is 0 Å². The second-order valence-corrected chi connectivity index (χ2v) is 3.40. The van der Waals surface area contributed by atoms with Gasteiger partial charge in [-0.15, -0.1) is 0 Å². The average molecular weight is 235 g/mol. The Balaban J connectivity index is 2.28. The van der Waals surface area contributed by atoms with Crippen LogP contribution in [0.3, 0.4) is 0 Å². The molecule has 2 rings (SSSR count). The highest BCUT2D eigenvalue weighted by Gasteiger charge is 2.28. The topological polar surface area (TPSA) is 99.6 Å². The lowest BCUT2D eigenvalue weighted by Crippen LogP contribution is -2.35. The normalized spacial score (nSPS) is 10.6. The van der Waals surface area contributed by atoms with Crippen LogP contribution in [0, 0.1) is 0 Å². The van der Waals surface area contributed by atoms with E-state index < -0.39 is 18.0 Å². The predicted molar refractivity (Wildman–Crippen MR) is 58.0 cm³/mol. The van der Waals surface area contributed by atoms with Crippen molar-refractivity contribution in [1.29, 1.82) is 0 Å². The minimum Gasteiger partial charge on any atom is -0.478 e. The van der Waals surface area contributed by atoms with Crippen molar-refractivity contribution in [3.8, 4) is 5.88 Å². The van der Waals surface area contributed by atoms with Crippen molar-refractivity contribution in [2.75, 3.05) is 0 Å². The van der Waals surface area contributed by atoms with Gasteiger partial charge in [0.2, 0.25) is 0 Å². The molecule has 88 valence electrons. The van der Waals surface area contributed by atoms with Crippen molar-refractivity contribution in [3.05, 3.63) is 30.3 Å². The van der Waals surface area contributed by atoms with Crippen LogP contribution in [0.5, 0.6) is 5.88 Å². The molecule has 17 heavy (non-hydrogen) atoms. The van der Waals surface area contributed by atoms with Crippen LogP contribution in [-0.4, -0.2) is 33.2 Å². The van der Waals surface area contributed by atoms with E-state index in [1.807, 2.05) is 6.07 Å². The van der Waals surface area contributed by atoms with Gasteiger partial charge in [-0.25, -0.2) is 9.59 Å². The summed E-state index contributed by atoms with van der Waals surface area (Å²) >= 11 is 0. The van der Waals surface area contributed by atoms with Gasteiger partial charge in [0, 0.05) is 17.0 Å². The lowest BCUT2D eigenvalue weighted by atomic mass is 10.2. The second-order valence-electron chi connectivity index (χ2n) is 3.40. The first kappa shape index (κ1) is 11.0. The maximum Gasteiger partial charge on any atom is 0.356 e. The smallest absolute Gasteiger partial charge is 0.356 e. The van der Waals surface area contributed by atoms with Crippen LogP contribution in [0.4, 0.5) is 0 Å². The fourth-order valence-electron chi connectivity index (χ4n) is 1.44. The molecule has 0 spiro atoms. The van der Waals surface area contributed by atoms with Gasteiger partial charge in [0.1, 0.15) is 0 Å². The molecule has 0 unspecified atom stereocenters. The average Bonchev–Trinajstić information content (AvgIpc) is 2.67. The van der Waals surface area contributed by atoms with Gasteiger partial charge in [0.05, 0.1) is 0 Å². The number of rotatable bonds is 4. The molecule has 0 aliphatic carbocycles. The van der Waals surface area contributed by atoms with Crippen LogP contribution in [0.2, 0.25) is 0 Å². The van der Waals surface area contributed by atoms with Gasteiger partial charge >= 0.3 is 11.9 Å². The number of benzene rings is 1. The van der Waals surface area contributed by atoms with Crippen LogP contribution >= 0.6 is 0 Å². The van der Waals surface area contributed by atoms with Gasteiger partial charge in [-0.1, -0.05) is 18.2 Å². The highest BCUT2D eigenvalue weighted by Crippen LogP contribution is 2.20. The Kier molecular flexibility index (Phi) is 2.70. The molecule has 1 aromatic carbocycles. The zero-order valence-corrected chi connectivity index (χ0v) is 8.58. The van der Waals surface area contributed by atoms with Crippen molar-refractivity contribution in [2.45, 2.75) is 6.10 Å². The molecule has 0 saturated heterocycles. The van der Waals surface area contributed by atoms with Crippen molar-refractivity contribution in [1.82, 2.24) is 4.98 Å². The summed E-state index contributed by atoms with van der Waals surface area (Å²) in [5, 5.41) is 18.1. The first-order valence-electron chi connectivity index (χ1n) is 4.78. The molecule has 0 atom stereocenters. The molecular weight excluding hydrogens is 226 g/mol. The standard InChI is InChI=1S/C11H9NO5/c13-10(14)9(11(15)16)17-8-5-6-3-1-2-4-7(6)12-8/h1-5,9,12H,(H,13,14)(H,15,16). The number of aromatic nitrogens is 1. The SMILES string of the molecule is O=C(O)C(Oc1cc2ccccc2[nH]1)C(=O)O. The largest absolute Gasteiger partial charge is 0.478 e. The fourth-order valence-corrected chi connectivity index (χ4v) is 1.44. The Morgan fingerprint density at radius 2 is 1.82 bits per heavy atom. The van der Waals surface area contributed by atoms with Crippen LogP contribution in [0.1, 0.15) is 0 Å². The number of fused-ring (bicyclic) bond motifs is 1. The summed E-state index contributed by atoms with van der Waals surface area (Å²) in [7, 11) is 0. The molecule has 1 heterocycles. The van der Waals surface area contributed by atoms with Gasteiger partial charge in [0.15, 0.2) is 5.88 Å². The Morgan fingerprint density at radius 1 is 1.18 bits per heavy atom. The molecule has 6 nitrogen and oxygen atoms in total. The van der Waals surface area contributed by atoms with Crippen molar-refractivity contribution >= 4 is 22.8 Å². The van der Waals surface area contributed by atoms with Gasteiger partial charge in [-0.05, 0) is 6.07 Å². The molecule has 0 radical (unpaired) electrons. The van der Waals surface area contributed by atoms with Crippen LogP contribution in [0.15, 0.2) is 30.3 Å². The molecule has 6 heteroatoms. The quantitative estimate of drug-likeness (QED) is 0.688. The molecule has 0 aliphatic rings. The summed E-state index contributed by atoms with van der Waals surface area (Å²) in [5.41, 5.74) is 0.747. The predicted octanol–water partition coefficient (Wildman–Crippen LogP) is 1.08. The number of H-pyrrole nitrogens is 1. The third kappa shape index (κ3) is 2.20. The molecule has 3 N–H and O–H groups in total. The summed E-state index contributed by atoms with van der Waals surface area (Å²) in [6, 6.07) is 8.74. The Morgan fingerprint density at radius 3 is 2.41 bits per heavy atom. The Hall–Kier alpha value is -2.50. The number of hydrogen-bond acceptors (Lipinski definition) is 3. The number of para-hydroxylation sites is 1. The van der Waals surface area contributed by atoms with Crippen molar-refractivity contribution in [2.24, 2.45) is 0 Å². The van der Waals surface area contributed by atoms with Crippen LogP contribution in [-0.2, 0) is 9.59 Å². The Bertz CT molecular complexity index is 527. The number of carboxylic acid groups (broad SMARTS) is 2. The third-order valence-corrected chi connectivity index (χ3v) is 2.20. The number of aliphatic carboxylic acids is 2. The number of ether oxygens (including phenoxy) is 1. The zero-order valence-electron chi connectivity index (χ0n) is 8.58. The van der Waals surface area contributed by atoms with Crippen molar-refractivity contribution < 1.29 is 24.5 Å². The Labute approximate surface area is 95.4 Å². The van der Waals surface area contributed by atoms with Crippen LogP contribution < -0.4 is 4.74 Å². The third-order valence-electron chi connectivity index (χ3n) is 2.20. The molecule has 0 bridgehead atoms. The van der Waals surface area contributed by atoms with Gasteiger partial charge < -0.3 is 19.9 Å². The lowest BCUT2D eigenvalue weighted by molar-refractivity contribution is -0.159. The number of aromatic amines is 1. The fraction of sp³-hybridized carbons (Fsp3) is 0.0909. The zero-order chi connectivity index (χ0) is 12.4. The lowest BCUT2D eigenvalue weighted by Gasteiger charge is -2.08. The molecule has 0 aliphatic heterocycles. The molecule has 0 saturated carbocycles. The van der Waals surface area contributed by atoms with Crippen molar-refractivity contribution in [3.63, 3.8) is 0 Å². The summed E-state index contributed by atoms with van der Waals surface area (Å²) in [6.07, 6.45) is -1.91. The molecular formula is C11H9NO5. The molecule has 0 amide bonds. The summed E-state index contributed by atoms with van der Waals surface area (Å²) in [5.74, 6) is -2.98. The van der Waals surface area contributed by atoms with Crippen LogP contribution in [0.25, 0.3) is 10.9 Å². The first-order chi connectivity index (χ1) is 8.08. The minimum absolute atomic E-state index is 0.112. The number of hydrogen-bond donors (Lipinski definition) is 3. The second kappa shape index (κ2) is 4.17. The highest BCUT2D eigenvalue weighted by molar-refractivity contribution is 5.96. The van der Waals surface area contributed by atoms with Gasteiger partial charge in [-0.2, -0.15) is 0 Å². The summed E-state index contributed by atoms with van der Waals surface area (Å²) in [6.45, 7) is 0.